The van der Waals surface area contributed by atoms with Gasteiger partial charge in [-0.15, -0.1) is 0 Å². The highest BCUT2D eigenvalue weighted by molar-refractivity contribution is 7.86. The average molecular weight is 313 g/mol. The fourth-order valence-electron chi connectivity index (χ4n) is 3.25. The van der Waals surface area contributed by atoms with Crippen molar-refractivity contribution in [3.63, 3.8) is 0 Å². The molecule has 0 saturated carbocycles. The van der Waals surface area contributed by atoms with Crippen LogP contribution >= 0.6 is 0 Å². The van der Waals surface area contributed by atoms with E-state index < -0.39 is 10.2 Å². The van der Waals surface area contributed by atoms with Crippen LogP contribution < -0.4 is 0 Å². The van der Waals surface area contributed by atoms with Crippen molar-refractivity contribution in [1.82, 2.24) is 13.8 Å². The van der Waals surface area contributed by atoms with Crippen LogP contribution in [0.3, 0.4) is 0 Å². The van der Waals surface area contributed by atoms with Gasteiger partial charge in [0.15, 0.2) is 5.76 Å². The monoisotopic (exact) mass is 313 g/mol. The lowest BCUT2D eigenvalue weighted by Gasteiger charge is -2.31. The minimum Gasteiger partial charge on any atom is -0.359 e. The molecule has 0 spiro atoms. The molecule has 3 rings (SSSR count). The maximum absolute atomic E-state index is 12.9. The summed E-state index contributed by atoms with van der Waals surface area (Å²) in [5, 5.41) is 3.93. The lowest BCUT2D eigenvalue weighted by molar-refractivity contribution is 0.245. The lowest BCUT2D eigenvalue weighted by Crippen LogP contribution is -2.44. The van der Waals surface area contributed by atoms with Crippen molar-refractivity contribution in [1.29, 1.82) is 0 Å². The predicted molar refractivity (Wildman–Crippen MR) is 78.9 cm³/mol. The van der Waals surface area contributed by atoms with E-state index in [0.29, 0.717) is 25.4 Å². The van der Waals surface area contributed by atoms with E-state index in [1.54, 1.807) is 8.61 Å². The quantitative estimate of drug-likeness (QED) is 0.858. The van der Waals surface area contributed by atoms with Gasteiger partial charge in [0.25, 0.3) is 10.2 Å². The van der Waals surface area contributed by atoms with E-state index in [0.717, 1.165) is 44.2 Å². The minimum absolute atomic E-state index is 0.209. The van der Waals surface area contributed by atoms with Crippen LogP contribution in [0.2, 0.25) is 0 Å². The molecule has 3 heterocycles. The average Bonchev–Trinajstić information content (AvgIpc) is 3.06. The van der Waals surface area contributed by atoms with Gasteiger partial charge >= 0.3 is 0 Å². The summed E-state index contributed by atoms with van der Waals surface area (Å²) in [6.45, 7) is 3.72. The van der Waals surface area contributed by atoms with Crippen LogP contribution in [0.25, 0.3) is 0 Å². The van der Waals surface area contributed by atoms with Crippen molar-refractivity contribution in [2.45, 2.75) is 51.5 Å². The molecule has 1 aromatic rings. The van der Waals surface area contributed by atoms with Gasteiger partial charge in [0.1, 0.15) is 0 Å². The molecular weight excluding hydrogens is 290 g/mol. The van der Waals surface area contributed by atoms with Crippen LogP contribution in [0.5, 0.6) is 0 Å². The Hall–Kier alpha value is -0.920. The van der Waals surface area contributed by atoms with E-state index in [9.17, 15) is 8.42 Å². The Morgan fingerprint density at radius 3 is 2.52 bits per heavy atom. The van der Waals surface area contributed by atoms with Gasteiger partial charge in [-0.05, 0) is 32.6 Å². The summed E-state index contributed by atoms with van der Waals surface area (Å²) in [6.07, 6.45) is 5.72. The van der Waals surface area contributed by atoms with Crippen molar-refractivity contribution in [3.05, 3.63) is 17.5 Å². The van der Waals surface area contributed by atoms with Gasteiger partial charge in [0, 0.05) is 25.7 Å². The summed E-state index contributed by atoms with van der Waals surface area (Å²) in [6, 6.07) is 1.65. The zero-order valence-electron chi connectivity index (χ0n) is 12.5. The maximum atomic E-state index is 12.9. The zero-order chi connectivity index (χ0) is 14.9. The van der Waals surface area contributed by atoms with E-state index in [4.69, 9.17) is 4.52 Å². The van der Waals surface area contributed by atoms with Crippen molar-refractivity contribution >= 4 is 10.2 Å². The third-order valence-electron chi connectivity index (χ3n) is 4.37. The lowest BCUT2D eigenvalue weighted by atomic mass is 10.1. The van der Waals surface area contributed by atoms with Gasteiger partial charge in [0.2, 0.25) is 0 Å². The normalized spacial score (nSPS) is 26.0. The highest BCUT2D eigenvalue weighted by Gasteiger charge is 2.38. The molecular formula is C14H23N3O3S. The van der Waals surface area contributed by atoms with Crippen molar-refractivity contribution in [2.75, 3.05) is 19.6 Å². The Balaban J connectivity index is 1.91. The first-order valence-electron chi connectivity index (χ1n) is 7.79. The van der Waals surface area contributed by atoms with Crippen LogP contribution in [-0.2, 0) is 10.2 Å². The van der Waals surface area contributed by atoms with Gasteiger partial charge in [-0.3, -0.25) is 0 Å². The first-order chi connectivity index (χ1) is 10.1. The topological polar surface area (TPSA) is 66.7 Å². The van der Waals surface area contributed by atoms with E-state index in [1.165, 1.54) is 0 Å². The molecule has 21 heavy (non-hydrogen) atoms. The highest BCUT2D eigenvalue weighted by Crippen LogP contribution is 2.34. The van der Waals surface area contributed by atoms with Crippen molar-refractivity contribution < 1.29 is 12.9 Å². The smallest absolute Gasteiger partial charge is 0.282 e. The molecule has 0 bridgehead atoms. The van der Waals surface area contributed by atoms with E-state index in [2.05, 4.69) is 5.16 Å². The molecule has 1 atom stereocenters. The molecule has 0 aliphatic carbocycles. The Labute approximate surface area is 126 Å². The highest BCUT2D eigenvalue weighted by atomic mass is 32.2. The summed E-state index contributed by atoms with van der Waals surface area (Å²) in [4.78, 5) is 0. The summed E-state index contributed by atoms with van der Waals surface area (Å²) in [5.41, 5.74) is 0.799. The number of aryl methyl sites for hydroxylation is 1. The maximum Gasteiger partial charge on any atom is 0.282 e. The Morgan fingerprint density at radius 2 is 1.86 bits per heavy atom. The van der Waals surface area contributed by atoms with Gasteiger partial charge < -0.3 is 4.52 Å². The summed E-state index contributed by atoms with van der Waals surface area (Å²) < 4.78 is 34.5. The van der Waals surface area contributed by atoms with Crippen molar-refractivity contribution in [2.24, 2.45) is 0 Å². The van der Waals surface area contributed by atoms with Crippen LogP contribution in [-0.4, -0.2) is 41.8 Å². The van der Waals surface area contributed by atoms with Crippen molar-refractivity contribution in [3.8, 4) is 0 Å². The van der Waals surface area contributed by atoms with Crippen LogP contribution in [0.15, 0.2) is 10.6 Å². The molecule has 2 fully saturated rings. The number of aromatic nitrogens is 1. The number of hydrogen-bond donors (Lipinski definition) is 0. The van der Waals surface area contributed by atoms with Gasteiger partial charge in [0.05, 0.1) is 11.7 Å². The Bertz CT molecular complexity index is 578. The second-order valence-corrected chi connectivity index (χ2v) is 7.84. The largest absolute Gasteiger partial charge is 0.359 e. The first kappa shape index (κ1) is 15.0. The second kappa shape index (κ2) is 6.06. The van der Waals surface area contributed by atoms with E-state index >= 15 is 0 Å². The fraction of sp³-hybridized carbons (Fsp3) is 0.786. The molecule has 0 amide bonds. The van der Waals surface area contributed by atoms with Gasteiger partial charge in [-0.25, -0.2) is 0 Å². The summed E-state index contributed by atoms with van der Waals surface area (Å²) >= 11 is 0. The SMILES string of the molecule is Cc1cc([C@H]2CCCCCN2S(=O)(=O)N2CCCC2)on1. The number of rotatable bonds is 3. The van der Waals surface area contributed by atoms with Crippen LogP contribution in [0, 0.1) is 6.92 Å². The number of hydrogen-bond acceptors (Lipinski definition) is 4. The van der Waals surface area contributed by atoms with Crippen LogP contribution in [0.4, 0.5) is 0 Å². The second-order valence-electron chi connectivity index (χ2n) is 5.96. The molecule has 118 valence electrons. The minimum atomic E-state index is -3.39. The molecule has 6 nitrogen and oxygen atoms in total. The standard InChI is InChI=1S/C14H23N3O3S/c1-12-11-14(20-15-12)13-7-3-2-4-10-17(13)21(18,19)16-8-5-6-9-16/h11,13H,2-10H2,1H3/t13-/m1/s1. The molecule has 2 aliphatic rings. The zero-order valence-corrected chi connectivity index (χ0v) is 13.3. The number of nitrogens with zero attached hydrogens (tertiary/aromatic N) is 3. The summed E-state index contributed by atoms with van der Waals surface area (Å²) in [5.74, 6) is 0.678. The molecule has 7 heteroatoms. The molecule has 2 aliphatic heterocycles. The predicted octanol–water partition coefficient (Wildman–Crippen LogP) is 2.24. The molecule has 0 radical (unpaired) electrons. The molecule has 0 unspecified atom stereocenters. The molecule has 2 saturated heterocycles. The van der Waals surface area contributed by atoms with Crippen LogP contribution in [0.1, 0.15) is 56.0 Å². The Kier molecular flexibility index (Phi) is 4.33. The van der Waals surface area contributed by atoms with E-state index in [-0.39, 0.29) is 6.04 Å². The Morgan fingerprint density at radius 1 is 1.14 bits per heavy atom. The van der Waals surface area contributed by atoms with E-state index in [1.807, 2.05) is 13.0 Å². The van der Waals surface area contributed by atoms with Gasteiger partial charge in [-0.2, -0.15) is 17.0 Å². The third-order valence-corrected chi connectivity index (χ3v) is 6.41. The molecule has 1 aromatic heterocycles. The summed E-state index contributed by atoms with van der Waals surface area (Å²) in [7, 11) is -3.39. The third kappa shape index (κ3) is 3.00. The fourth-order valence-corrected chi connectivity index (χ4v) is 5.16. The molecule has 0 aromatic carbocycles. The van der Waals surface area contributed by atoms with Gasteiger partial charge in [-0.1, -0.05) is 18.0 Å². The first-order valence-corrected chi connectivity index (χ1v) is 9.19. The molecule has 0 N–H and O–H groups in total.